The van der Waals surface area contributed by atoms with Gasteiger partial charge in [0.25, 0.3) is 0 Å². The number of hydrogen-bond donors (Lipinski definition) is 6. The Hall–Kier alpha value is -5.02. The molecule has 0 saturated heterocycles. The second-order valence-electron chi connectivity index (χ2n) is 8.07. The standard InChI is InChI=1S/2C10H8.C6H6O6S2.2CH5N3/c2*1-2-6-10-8-4-3-7-9(10)5-1;7-13(8,9)5-1-2-6(4-3-5)14(10,11)12;2*2-1(3)4/h2*1-8H;1-4H,(H,7,8,9)(H,10,11,12);2*(H5,2,3,4). The van der Waals surface area contributed by atoms with E-state index in [9.17, 15) is 25.9 Å². The van der Waals surface area contributed by atoms with Crippen molar-refractivity contribution in [2.75, 3.05) is 0 Å². The molecule has 0 aromatic heterocycles. The molecule has 12 nitrogen and oxygen atoms in total. The number of nitrogens with two attached hydrogens (primary N) is 6. The molecule has 0 unspecified atom stereocenters. The van der Waals surface area contributed by atoms with Crippen molar-refractivity contribution in [3.63, 3.8) is 0 Å². The summed E-state index contributed by atoms with van der Waals surface area (Å²) in [6.45, 7) is 0. The summed E-state index contributed by atoms with van der Waals surface area (Å²) in [6, 6.07) is 36.5. The van der Waals surface area contributed by atoms with E-state index in [1.165, 1.54) is 21.5 Å². The highest BCUT2D eigenvalue weighted by Gasteiger charge is 2.04. The molecule has 5 rings (SSSR count). The fraction of sp³-hybridized carbons (Fsp3) is 0. The third kappa shape index (κ3) is 14.4. The zero-order valence-electron chi connectivity index (χ0n) is 22.3. The minimum Gasteiger partial charge on any atom is -0.744 e. The molecule has 0 atom stereocenters. The summed E-state index contributed by atoms with van der Waals surface area (Å²) < 4.78 is 62.5. The van der Waals surface area contributed by atoms with Gasteiger partial charge >= 0.3 is 11.9 Å². The molecule has 0 heterocycles. The maximum absolute atomic E-state index is 10.4. The quantitative estimate of drug-likeness (QED) is 0.0821. The predicted octanol–water partition coefficient (Wildman–Crippen LogP) is -0.788. The van der Waals surface area contributed by atoms with Gasteiger partial charge in [0, 0.05) is 0 Å². The van der Waals surface area contributed by atoms with Crippen molar-refractivity contribution in [1.82, 2.24) is 0 Å². The zero-order chi connectivity index (χ0) is 31.8. The van der Waals surface area contributed by atoms with Crippen LogP contribution in [0.3, 0.4) is 0 Å². The predicted molar refractivity (Wildman–Crippen MR) is 161 cm³/mol. The highest BCUT2D eigenvalue weighted by molar-refractivity contribution is 7.86. The van der Waals surface area contributed by atoms with E-state index in [-0.39, 0.29) is 11.9 Å². The number of benzene rings is 5. The van der Waals surface area contributed by atoms with Gasteiger partial charge in [0.05, 0.1) is 9.79 Å². The fourth-order valence-corrected chi connectivity index (χ4v) is 3.98. The Balaban J connectivity index is 0.000000283. The van der Waals surface area contributed by atoms with E-state index >= 15 is 0 Å². The first kappa shape index (κ1) is 35.0. The van der Waals surface area contributed by atoms with Crippen molar-refractivity contribution < 1.29 is 36.8 Å². The van der Waals surface area contributed by atoms with Crippen molar-refractivity contribution in [2.24, 2.45) is 22.9 Å². The Morgan fingerprint density at radius 2 is 0.571 bits per heavy atom. The topological polar surface area (TPSA) is 270 Å². The molecule has 222 valence electrons. The van der Waals surface area contributed by atoms with Gasteiger partial charge < -0.3 is 9.11 Å². The normalized spacial score (nSPS) is 10.1. The highest BCUT2D eigenvalue weighted by atomic mass is 32.2. The van der Waals surface area contributed by atoms with Gasteiger partial charge in [-0.25, -0.2) is 16.8 Å². The van der Waals surface area contributed by atoms with E-state index < -0.39 is 30.0 Å². The number of rotatable bonds is 2. The van der Waals surface area contributed by atoms with Crippen LogP contribution in [0.2, 0.25) is 0 Å². The minimum absolute atomic E-state index is 0.0833. The maximum Gasteiger partial charge on any atom is 0.336 e. The van der Waals surface area contributed by atoms with Crippen LogP contribution in [0, 0.1) is 0 Å². The molecule has 0 saturated carbocycles. The number of guanidine groups is 2. The second-order valence-corrected chi connectivity index (χ2v) is 10.8. The lowest BCUT2D eigenvalue weighted by Gasteiger charge is -2.09. The van der Waals surface area contributed by atoms with Crippen LogP contribution in [0.25, 0.3) is 21.5 Å². The molecule has 12 N–H and O–H groups in total. The number of hydrogen-bond acceptors (Lipinski definition) is 6. The first-order valence-electron chi connectivity index (χ1n) is 11.8. The Labute approximate surface area is 244 Å². The van der Waals surface area contributed by atoms with Crippen molar-refractivity contribution in [3.05, 3.63) is 121 Å². The SMILES string of the molecule is NC(N)=[NH2+].NC(N)=[NH2+].O=S(=O)([O-])c1ccc(S(=O)(=O)[O-])cc1.c1ccc2ccccc2c1.c1ccc2ccccc2c1. The minimum atomic E-state index is -4.61. The van der Waals surface area contributed by atoms with Gasteiger partial charge in [-0.2, -0.15) is 0 Å². The molecule has 0 amide bonds. The summed E-state index contributed by atoms with van der Waals surface area (Å²) in [7, 11) is -9.22. The van der Waals surface area contributed by atoms with E-state index in [1.807, 2.05) is 0 Å². The molecule has 0 radical (unpaired) electrons. The number of fused-ring (bicyclic) bond motifs is 2. The van der Waals surface area contributed by atoms with Crippen molar-refractivity contribution >= 4 is 53.7 Å². The molecule has 0 spiro atoms. The maximum atomic E-state index is 10.4. The lowest BCUT2D eigenvalue weighted by atomic mass is 10.1. The van der Waals surface area contributed by atoms with Gasteiger partial charge in [-0.1, -0.05) is 97.1 Å². The summed E-state index contributed by atoms with van der Waals surface area (Å²) >= 11 is 0. The molecule has 0 aliphatic carbocycles. The average Bonchev–Trinajstić information content (AvgIpc) is 2.92. The second kappa shape index (κ2) is 16.9. The van der Waals surface area contributed by atoms with Gasteiger partial charge in [0.15, 0.2) is 0 Å². The Morgan fingerprint density at radius 3 is 0.690 bits per heavy atom. The molecule has 5 aromatic carbocycles. The fourth-order valence-electron chi connectivity index (χ4n) is 3.04. The largest absolute Gasteiger partial charge is 0.744 e. The van der Waals surface area contributed by atoms with Crippen molar-refractivity contribution in [1.29, 1.82) is 0 Å². The average molecular weight is 613 g/mol. The van der Waals surface area contributed by atoms with Crippen molar-refractivity contribution in [3.8, 4) is 0 Å². The van der Waals surface area contributed by atoms with Crippen LogP contribution in [-0.2, 0) is 20.2 Å². The molecule has 0 bridgehead atoms. The van der Waals surface area contributed by atoms with E-state index in [1.54, 1.807) is 0 Å². The summed E-state index contributed by atoms with van der Waals surface area (Å²) in [5, 5.41) is 14.4. The van der Waals surface area contributed by atoms with Gasteiger partial charge in [0.1, 0.15) is 20.2 Å². The van der Waals surface area contributed by atoms with Gasteiger partial charge in [-0.15, -0.1) is 0 Å². The van der Waals surface area contributed by atoms with Crippen LogP contribution in [-0.4, -0.2) is 37.9 Å². The molecule has 0 fully saturated rings. The van der Waals surface area contributed by atoms with Gasteiger partial charge in [0.2, 0.25) is 0 Å². The van der Waals surface area contributed by atoms with Crippen molar-refractivity contribution in [2.45, 2.75) is 9.79 Å². The Bertz CT molecular complexity index is 1540. The first-order chi connectivity index (χ1) is 19.6. The van der Waals surface area contributed by atoms with Crippen LogP contribution in [0.4, 0.5) is 0 Å². The van der Waals surface area contributed by atoms with Crippen LogP contribution < -0.4 is 33.8 Å². The molecular formula is C28H32N6O6S2. The molecule has 14 heteroatoms. The highest BCUT2D eigenvalue weighted by Crippen LogP contribution is 2.14. The summed E-state index contributed by atoms with van der Waals surface area (Å²) in [6.07, 6.45) is 0. The Kier molecular flexibility index (Phi) is 14.1. The summed E-state index contributed by atoms with van der Waals surface area (Å²) in [5.74, 6) is -0.167. The van der Waals surface area contributed by atoms with Crippen LogP contribution in [0.15, 0.2) is 131 Å². The smallest absolute Gasteiger partial charge is 0.336 e. The molecule has 42 heavy (non-hydrogen) atoms. The molecule has 0 aliphatic heterocycles. The Morgan fingerprint density at radius 1 is 0.429 bits per heavy atom. The van der Waals surface area contributed by atoms with Gasteiger partial charge in [-0.3, -0.25) is 33.8 Å². The summed E-state index contributed by atoms with van der Waals surface area (Å²) in [5.41, 5.74) is 18.3. The lowest BCUT2D eigenvalue weighted by molar-refractivity contribution is -0.117. The zero-order valence-corrected chi connectivity index (χ0v) is 23.9. The van der Waals surface area contributed by atoms with E-state index in [2.05, 4.69) is 131 Å². The van der Waals surface area contributed by atoms with E-state index in [4.69, 9.17) is 0 Å². The molecular weight excluding hydrogens is 580 g/mol. The molecule has 0 aliphatic rings. The molecule has 5 aromatic rings. The summed E-state index contributed by atoms with van der Waals surface area (Å²) in [4.78, 5) is -1.16. The van der Waals surface area contributed by atoms with Crippen LogP contribution >= 0.6 is 0 Å². The van der Waals surface area contributed by atoms with Crippen LogP contribution in [0.1, 0.15) is 0 Å². The third-order valence-electron chi connectivity index (χ3n) is 4.72. The van der Waals surface area contributed by atoms with Crippen LogP contribution in [0.5, 0.6) is 0 Å². The lowest BCUT2D eigenvalue weighted by Crippen LogP contribution is -2.51. The van der Waals surface area contributed by atoms with E-state index in [0.717, 1.165) is 24.3 Å². The van der Waals surface area contributed by atoms with Gasteiger partial charge in [-0.05, 0) is 45.8 Å². The van der Waals surface area contributed by atoms with E-state index in [0.29, 0.717) is 0 Å². The monoisotopic (exact) mass is 612 g/mol. The first-order valence-corrected chi connectivity index (χ1v) is 14.6. The third-order valence-corrected chi connectivity index (χ3v) is 6.42.